The van der Waals surface area contributed by atoms with E-state index in [2.05, 4.69) is 15.4 Å². The van der Waals surface area contributed by atoms with E-state index < -0.39 is 9.84 Å². The lowest BCUT2D eigenvalue weighted by Crippen LogP contribution is -2.24. The van der Waals surface area contributed by atoms with E-state index in [0.717, 1.165) is 11.3 Å². The zero-order valence-corrected chi connectivity index (χ0v) is 17.3. The summed E-state index contributed by atoms with van der Waals surface area (Å²) in [5.74, 6) is 0.518. The summed E-state index contributed by atoms with van der Waals surface area (Å²) < 4.78 is 30.9. The van der Waals surface area contributed by atoms with E-state index in [9.17, 15) is 13.2 Å². The Kier molecular flexibility index (Phi) is 5.54. The number of methoxy groups -OCH3 is 1. The summed E-state index contributed by atoms with van der Waals surface area (Å²) in [6, 6.07) is 14.2. The molecule has 1 aliphatic rings. The molecule has 8 nitrogen and oxygen atoms in total. The summed E-state index contributed by atoms with van der Waals surface area (Å²) in [6.07, 6.45) is 2.14. The number of nitrogens with zero attached hydrogens (tertiary/aromatic N) is 3. The molecule has 9 heteroatoms. The van der Waals surface area contributed by atoms with Crippen LogP contribution < -0.4 is 10.1 Å². The molecule has 1 amide bonds. The lowest BCUT2D eigenvalue weighted by molar-refractivity contribution is 0.0944. The Morgan fingerprint density at radius 3 is 2.67 bits per heavy atom. The predicted octanol–water partition coefficient (Wildman–Crippen LogP) is 2.24. The first-order chi connectivity index (χ1) is 14.4. The number of hydrogen-bond acceptors (Lipinski definition) is 6. The number of amides is 1. The van der Waals surface area contributed by atoms with Crippen molar-refractivity contribution in [2.45, 2.75) is 19.0 Å². The van der Waals surface area contributed by atoms with Gasteiger partial charge in [-0.25, -0.2) is 8.42 Å². The van der Waals surface area contributed by atoms with E-state index in [1.165, 1.54) is 0 Å². The van der Waals surface area contributed by atoms with Gasteiger partial charge >= 0.3 is 0 Å². The van der Waals surface area contributed by atoms with Gasteiger partial charge in [0.25, 0.3) is 5.91 Å². The van der Waals surface area contributed by atoms with E-state index in [1.807, 2.05) is 42.5 Å². The normalized spacial score (nSPS) is 17.6. The standard InChI is InChI=1S/C21H22N4O4S/c1-29-18-7-5-15(6-8-18)20-12-19(21(26)23-13-16-4-2-3-10-22-16)24-25(20)17-9-11-30(27,28)14-17/h2-8,10,12,17H,9,11,13-14H2,1H3,(H,23,26)/t17-/m1/s1. The molecule has 0 bridgehead atoms. The fourth-order valence-corrected chi connectivity index (χ4v) is 5.19. The molecular formula is C21H22N4O4S. The van der Waals surface area contributed by atoms with Crippen molar-refractivity contribution in [1.29, 1.82) is 0 Å². The van der Waals surface area contributed by atoms with E-state index >= 15 is 0 Å². The fraction of sp³-hybridized carbons (Fsp3) is 0.286. The smallest absolute Gasteiger partial charge is 0.272 e. The number of nitrogens with one attached hydrogen (secondary N) is 1. The predicted molar refractivity (Wildman–Crippen MR) is 112 cm³/mol. The molecule has 1 N–H and O–H groups in total. The molecule has 0 radical (unpaired) electrons. The van der Waals surface area contributed by atoms with Crippen LogP contribution in [0.4, 0.5) is 0 Å². The Morgan fingerprint density at radius 1 is 1.23 bits per heavy atom. The number of sulfone groups is 1. The molecule has 4 rings (SSSR count). The molecule has 30 heavy (non-hydrogen) atoms. The Hall–Kier alpha value is -3.20. The summed E-state index contributed by atoms with van der Waals surface area (Å²) in [7, 11) is -1.51. The van der Waals surface area contributed by atoms with Gasteiger partial charge in [0.1, 0.15) is 5.75 Å². The van der Waals surface area contributed by atoms with Crippen molar-refractivity contribution >= 4 is 15.7 Å². The maximum atomic E-state index is 12.7. The van der Waals surface area contributed by atoms with Crippen molar-refractivity contribution in [1.82, 2.24) is 20.1 Å². The molecule has 3 aromatic rings. The van der Waals surface area contributed by atoms with Crippen LogP contribution in [-0.4, -0.2) is 47.7 Å². The zero-order chi connectivity index (χ0) is 21.1. The number of benzene rings is 1. The van der Waals surface area contributed by atoms with Crippen molar-refractivity contribution in [2.24, 2.45) is 0 Å². The number of aromatic nitrogens is 3. The van der Waals surface area contributed by atoms with E-state index in [1.54, 1.807) is 24.1 Å². The summed E-state index contributed by atoms with van der Waals surface area (Å²) in [5.41, 5.74) is 2.50. The van der Waals surface area contributed by atoms with Crippen molar-refractivity contribution in [3.63, 3.8) is 0 Å². The van der Waals surface area contributed by atoms with Gasteiger partial charge in [0.2, 0.25) is 0 Å². The maximum Gasteiger partial charge on any atom is 0.272 e. The Bertz CT molecular complexity index is 1140. The average molecular weight is 426 g/mol. The zero-order valence-electron chi connectivity index (χ0n) is 16.5. The Labute approximate surface area is 174 Å². The number of carbonyl (C=O) groups excluding carboxylic acids is 1. The minimum Gasteiger partial charge on any atom is -0.497 e. The molecule has 0 unspecified atom stereocenters. The molecule has 3 heterocycles. The molecule has 1 fully saturated rings. The summed E-state index contributed by atoms with van der Waals surface area (Å²) >= 11 is 0. The van der Waals surface area contributed by atoms with Gasteiger partial charge in [0, 0.05) is 11.8 Å². The van der Waals surface area contributed by atoms with Crippen molar-refractivity contribution in [3.05, 3.63) is 66.1 Å². The van der Waals surface area contributed by atoms with Crippen molar-refractivity contribution in [3.8, 4) is 17.0 Å². The van der Waals surface area contributed by atoms with Crippen molar-refractivity contribution in [2.75, 3.05) is 18.6 Å². The van der Waals surface area contributed by atoms with Crippen LogP contribution in [0.25, 0.3) is 11.3 Å². The number of carbonyl (C=O) groups is 1. The van der Waals surface area contributed by atoms with Gasteiger partial charge in [-0.3, -0.25) is 14.5 Å². The van der Waals surface area contributed by atoms with Crippen LogP contribution in [0.15, 0.2) is 54.7 Å². The van der Waals surface area contributed by atoms with Crippen LogP contribution in [-0.2, 0) is 16.4 Å². The lowest BCUT2D eigenvalue weighted by Gasteiger charge is -2.13. The molecule has 1 atom stereocenters. The topological polar surface area (TPSA) is 103 Å². The minimum absolute atomic E-state index is 0.0207. The van der Waals surface area contributed by atoms with Crippen LogP contribution in [0.5, 0.6) is 5.75 Å². The third kappa shape index (κ3) is 4.35. The van der Waals surface area contributed by atoms with Crippen molar-refractivity contribution < 1.29 is 17.9 Å². The SMILES string of the molecule is COc1ccc(-c2cc(C(=O)NCc3ccccn3)nn2[C@@H]2CCS(=O)(=O)C2)cc1. The highest BCUT2D eigenvalue weighted by Crippen LogP contribution is 2.31. The van der Waals surface area contributed by atoms with Crippen LogP contribution in [0.1, 0.15) is 28.6 Å². The first-order valence-corrected chi connectivity index (χ1v) is 11.4. The largest absolute Gasteiger partial charge is 0.497 e. The monoisotopic (exact) mass is 426 g/mol. The summed E-state index contributed by atoms with van der Waals surface area (Å²) in [4.78, 5) is 16.9. The highest BCUT2D eigenvalue weighted by Gasteiger charge is 2.32. The van der Waals surface area contributed by atoms with Gasteiger partial charge in [0.05, 0.1) is 42.6 Å². The first-order valence-electron chi connectivity index (χ1n) is 9.58. The first kappa shape index (κ1) is 20.1. The third-order valence-electron chi connectivity index (χ3n) is 5.06. The number of rotatable bonds is 6. The number of hydrogen-bond donors (Lipinski definition) is 1. The third-order valence-corrected chi connectivity index (χ3v) is 6.81. The van der Waals surface area contributed by atoms with Crippen LogP contribution in [0.2, 0.25) is 0 Å². The lowest BCUT2D eigenvalue weighted by atomic mass is 10.1. The molecule has 1 aliphatic heterocycles. The van der Waals surface area contributed by atoms with Crippen LogP contribution in [0, 0.1) is 0 Å². The molecule has 0 saturated carbocycles. The van der Waals surface area contributed by atoms with Crippen LogP contribution >= 0.6 is 0 Å². The second-order valence-corrected chi connectivity index (χ2v) is 9.38. The highest BCUT2D eigenvalue weighted by molar-refractivity contribution is 7.91. The molecular weight excluding hydrogens is 404 g/mol. The summed E-state index contributed by atoms with van der Waals surface area (Å²) in [6.45, 7) is 0.280. The molecule has 1 aromatic carbocycles. The minimum atomic E-state index is -3.10. The number of pyridine rings is 1. The van der Waals surface area contributed by atoms with Crippen LogP contribution in [0.3, 0.4) is 0 Å². The molecule has 1 saturated heterocycles. The maximum absolute atomic E-state index is 12.7. The summed E-state index contributed by atoms with van der Waals surface area (Å²) in [5, 5.41) is 7.29. The van der Waals surface area contributed by atoms with Gasteiger partial charge in [-0.15, -0.1) is 0 Å². The van der Waals surface area contributed by atoms with Gasteiger partial charge in [-0.1, -0.05) is 6.07 Å². The van der Waals surface area contributed by atoms with E-state index in [0.29, 0.717) is 17.9 Å². The van der Waals surface area contributed by atoms with Gasteiger partial charge in [-0.2, -0.15) is 5.10 Å². The highest BCUT2D eigenvalue weighted by atomic mass is 32.2. The quantitative estimate of drug-likeness (QED) is 0.648. The number of ether oxygens (including phenoxy) is 1. The average Bonchev–Trinajstić information content (AvgIpc) is 3.36. The molecule has 0 aliphatic carbocycles. The fourth-order valence-electron chi connectivity index (χ4n) is 3.49. The van der Waals surface area contributed by atoms with Gasteiger partial charge in [-0.05, 0) is 48.9 Å². The molecule has 156 valence electrons. The van der Waals surface area contributed by atoms with Gasteiger partial charge in [0.15, 0.2) is 15.5 Å². The molecule has 2 aromatic heterocycles. The van der Waals surface area contributed by atoms with E-state index in [4.69, 9.17) is 4.74 Å². The Balaban J connectivity index is 1.63. The Morgan fingerprint density at radius 2 is 2.03 bits per heavy atom. The van der Waals surface area contributed by atoms with E-state index in [-0.39, 0.29) is 35.7 Å². The second kappa shape index (κ2) is 8.27. The van der Waals surface area contributed by atoms with Gasteiger partial charge < -0.3 is 10.1 Å². The molecule has 0 spiro atoms. The second-order valence-electron chi connectivity index (χ2n) is 7.15.